The summed E-state index contributed by atoms with van der Waals surface area (Å²) >= 11 is 0. The first-order chi connectivity index (χ1) is 10.1. The Morgan fingerprint density at radius 3 is 2.55 bits per heavy atom. The van der Waals surface area contributed by atoms with Gasteiger partial charge in [-0.1, -0.05) is 6.08 Å². The number of hydrogen-bond donors (Lipinski definition) is 0. The lowest BCUT2D eigenvalue weighted by atomic mass is 9.98. The third kappa shape index (κ3) is 6.13. The smallest absolute Gasteiger partial charge is 0.188 e. The van der Waals surface area contributed by atoms with E-state index in [0.29, 0.717) is 0 Å². The van der Waals surface area contributed by atoms with Crippen LogP contribution in [0.25, 0.3) is 0 Å². The normalized spacial score (nSPS) is 23.8. The highest BCUT2D eigenvalue weighted by atomic mass is 127. The highest BCUT2D eigenvalue weighted by Crippen LogP contribution is 2.19. The molecule has 0 spiro atoms. The molecule has 22 heavy (non-hydrogen) atoms. The number of likely N-dealkylation sites (tertiary alicyclic amines) is 1. The molecule has 1 saturated heterocycles. The van der Waals surface area contributed by atoms with Crippen molar-refractivity contribution in [2.24, 2.45) is 0 Å². The predicted octanol–water partition coefficient (Wildman–Crippen LogP) is 0.262. The summed E-state index contributed by atoms with van der Waals surface area (Å²) < 4.78 is 6.36. The van der Waals surface area contributed by atoms with Gasteiger partial charge in [-0.05, 0) is 62.7 Å². The van der Waals surface area contributed by atoms with Gasteiger partial charge in [-0.3, -0.25) is 4.79 Å². The number of halogens is 1. The van der Waals surface area contributed by atoms with Crippen LogP contribution in [0.1, 0.15) is 44.9 Å². The van der Waals surface area contributed by atoms with E-state index in [4.69, 9.17) is 4.74 Å². The molecule has 3 nitrogen and oxygen atoms in total. The Hall–Kier alpha value is -0.200. The van der Waals surface area contributed by atoms with Crippen molar-refractivity contribution in [2.75, 3.05) is 33.8 Å². The quantitative estimate of drug-likeness (QED) is 0.336. The van der Waals surface area contributed by atoms with E-state index in [1.165, 1.54) is 62.6 Å². The van der Waals surface area contributed by atoms with Crippen molar-refractivity contribution in [2.45, 2.75) is 51.0 Å². The molecule has 2 rings (SSSR count). The molecule has 0 aromatic heterocycles. The summed E-state index contributed by atoms with van der Waals surface area (Å²) in [4.78, 5) is 11.7. The SMILES string of the molecule is COC1C=CC(CCCCC[N+]2(C)CCCCC2)=CC1=O.[I-]. The van der Waals surface area contributed by atoms with Crippen molar-refractivity contribution in [3.8, 4) is 0 Å². The molecule has 1 unspecified atom stereocenters. The van der Waals surface area contributed by atoms with Crippen molar-refractivity contribution >= 4 is 5.78 Å². The second-order valence-corrected chi connectivity index (χ2v) is 6.80. The number of carbonyl (C=O) groups is 1. The third-order valence-electron chi connectivity index (χ3n) is 4.91. The fourth-order valence-electron chi connectivity index (χ4n) is 3.47. The Morgan fingerprint density at radius 2 is 1.91 bits per heavy atom. The minimum Gasteiger partial charge on any atom is -1.00 e. The maximum absolute atomic E-state index is 11.7. The van der Waals surface area contributed by atoms with Gasteiger partial charge in [-0.15, -0.1) is 0 Å². The van der Waals surface area contributed by atoms with Gasteiger partial charge < -0.3 is 33.2 Å². The largest absolute Gasteiger partial charge is 1.00 e. The van der Waals surface area contributed by atoms with E-state index < -0.39 is 0 Å². The average Bonchev–Trinajstić information content (AvgIpc) is 2.48. The van der Waals surface area contributed by atoms with Crippen LogP contribution in [-0.2, 0) is 9.53 Å². The molecule has 2 aliphatic rings. The zero-order valence-corrected chi connectivity index (χ0v) is 16.2. The van der Waals surface area contributed by atoms with Gasteiger partial charge in [-0.2, -0.15) is 0 Å². The predicted molar refractivity (Wildman–Crippen MR) is 86.1 cm³/mol. The molecule has 0 radical (unpaired) electrons. The van der Waals surface area contributed by atoms with Crippen LogP contribution < -0.4 is 24.0 Å². The van der Waals surface area contributed by atoms with Gasteiger partial charge in [0.2, 0.25) is 0 Å². The fourth-order valence-corrected chi connectivity index (χ4v) is 3.47. The number of carbonyl (C=O) groups excluding carboxylic acids is 1. The van der Waals surface area contributed by atoms with Crippen LogP contribution in [0.5, 0.6) is 0 Å². The number of nitrogens with zero attached hydrogens (tertiary/aromatic N) is 1. The fraction of sp³-hybridized carbons (Fsp3) is 0.722. The number of quaternary nitrogens is 1. The zero-order chi connectivity index (χ0) is 15.1. The van der Waals surface area contributed by atoms with Gasteiger partial charge in [0.05, 0.1) is 26.7 Å². The number of piperidine rings is 1. The summed E-state index contributed by atoms with van der Waals surface area (Å²) in [6.45, 7) is 4.04. The number of hydrogen-bond acceptors (Lipinski definition) is 2. The monoisotopic (exact) mass is 419 g/mol. The first-order valence-electron chi connectivity index (χ1n) is 8.42. The molecule has 0 N–H and O–H groups in total. The molecular formula is C18H30INO2. The lowest BCUT2D eigenvalue weighted by molar-refractivity contribution is -0.914. The number of methoxy groups -OCH3 is 1. The summed E-state index contributed by atoms with van der Waals surface area (Å²) in [5.41, 5.74) is 1.16. The highest BCUT2D eigenvalue weighted by Gasteiger charge is 2.23. The molecule has 1 heterocycles. The van der Waals surface area contributed by atoms with Crippen LogP contribution in [0.15, 0.2) is 23.8 Å². The second kappa shape index (κ2) is 9.83. The molecule has 0 saturated carbocycles. The maximum atomic E-state index is 11.7. The van der Waals surface area contributed by atoms with Gasteiger partial charge in [-0.25, -0.2) is 0 Å². The number of ether oxygens (including phenoxy) is 1. The molecule has 1 atom stereocenters. The van der Waals surface area contributed by atoms with Crippen molar-refractivity contribution < 1.29 is 38.0 Å². The van der Waals surface area contributed by atoms with Crippen LogP contribution in [-0.4, -0.2) is 50.2 Å². The molecule has 126 valence electrons. The van der Waals surface area contributed by atoms with Crippen molar-refractivity contribution in [1.82, 2.24) is 0 Å². The maximum Gasteiger partial charge on any atom is 0.188 e. The van der Waals surface area contributed by atoms with E-state index in [-0.39, 0.29) is 35.9 Å². The molecule has 0 bridgehead atoms. The van der Waals surface area contributed by atoms with Gasteiger partial charge in [0.15, 0.2) is 5.78 Å². The highest BCUT2D eigenvalue weighted by molar-refractivity contribution is 5.97. The van der Waals surface area contributed by atoms with Crippen LogP contribution in [0.4, 0.5) is 0 Å². The van der Waals surface area contributed by atoms with Gasteiger partial charge in [0, 0.05) is 7.11 Å². The lowest BCUT2D eigenvalue weighted by Gasteiger charge is -2.37. The summed E-state index contributed by atoms with van der Waals surface area (Å²) in [5.74, 6) is 0.0846. The Morgan fingerprint density at radius 1 is 1.18 bits per heavy atom. The molecule has 0 aromatic rings. The van der Waals surface area contributed by atoms with E-state index in [1.807, 2.05) is 12.2 Å². The molecule has 4 heteroatoms. The van der Waals surface area contributed by atoms with Crippen molar-refractivity contribution in [3.05, 3.63) is 23.8 Å². The minimum absolute atomic E-state index is 0. The van der Waals surface area contributed by atoms with Crippen LogP contribution in [0.3, 0.4) is 0 Å². The summed E-state index contributed by atoms with van der Waals surface area (Å²) in [6, 6.07) is 0. The Labute approximate surface area is 152 Å². The Balaban J connectivity index is 0.00000242. The molecule has 0 aromatic carbocycles. The topological polar surface area (TPSA) is 26.3 Å². The number of unbranched alkanes of at least 4 members (excludes halogenated alkanes) is 2. The first kappa shape index (κ1) is 19.8. The Kier molecular flexibility index (Phi) is 8.87. The van der Waals surface area contributed by atoms with Crippen molar-refractivity contribution in [1.29, 1.82) is 0 Å². The average molecular weight is 419 g/mol. The van der Waals surface area contributed by atoms with Crippen LogP contribution in [0, 0.1) is 0 Å². The standard InChI is InChI=1S/C18H30NO2.HI/c1-19(13-7-4-8-14-19)12-6-3-5-9-16-10-11-18(21-2)17(20)15-16;/h10-11,15,18H,3-9,12-14H2,1-2H3;1H/q+1;/p-1. The van der Waals surface area contributed by atoms with Crippen LogP contribution in [0.2, 0.25) is 0 Å². The van der Waals surface area contributed by atoms with E-state index in [0.717, 1.165) is 12.0 Å². The molecule has 1 fully saturated rings. The zero-order valence-electron chi connectivity index (χ0n) is 14.0. The van der Waals surface area contributed by atoms with Gasteiger partial charge in [0.25, 0.3) is 0 Å². The Bertz CT molecular complexity index is 411. The number of ketones is 1. The summed E-state index contributed by atoms with van der Waals surface area (Å²) in [7, 11) is 3.99. The van der Waals surface area contributed by atoms with Crippen molar-refractivity contribution in [3.63, 3.8) is 0 Å². The van der Waals surface area contributed by atoms with Crippen LogP contribution >= 0.6 is 0 Å². The first-order valence-corrected chi connectivity index (χ1v) is 8.42. The second-order valence-electron chi connectivity index (χ2n) is 6.80. The van der Waals surface area contributed by atoms with Gasteiger partial charge >= 0.3 is 0 Å². The third-order valence-corrected chi connectivity index (χ3v) is 4.91. The minimum atomic E-state index is -0.364. The molecule has 0 amide bonds. The van der Waals surface area contributed by atoms with E-state index in [2.05, 4.69) is 7.05 Å². The van der Waals surface area contributed by atoms with Gasteiger partial charge in [0.1, 0.15) is 6.10 Å². The molecule has 1 aliphatic heterocycles. The molecule has 1 aliphatic carbocycles. The van der Waals surface area contributed by atoms with E-state index in [9.17, 15) is 4.79 Å². The van der Waals surface area contributed by atoms with E-state index >= 15 is 0 Å². The summed E-state index contributed by atoms with van der Waals surface area (Å²) in [5, 5.41) is 0. The van der Waals surface area contributed by atoms with E-state index in [1.54, 1.807) is 13.2 Å². The lowest BCUT2D eigenvalue weighted by Crippen LogP contribution is -3.00. The molecular weight excluding hydrogens is 389 g/mol. The number of allylic oxidation sites excluding steroid dienone is 2. The summed E-state index contributed by atoms with van der Waals surface area (Å²) in [6.07, 6.45) is 14.3. The number of rotatable bonds is 7.